The molecule has 6 heteroatoms. The number of hydrogen-bond acceptors (Lipinski definition) is 5. The Morgan fingerprint density at radius 3 is 3.00 bits per heavy atom. The normalized spacial score (nSPS) is 24.5. The van der Waals surface area contributed by atoms with Gasteiger partial charge in [0.2, 0.25) is 0 Å². The molecule has 0 spiro atoms. The van der Waals surface area contributed by atoms with Gasteiger partial charge in [-0.05, 0) is 19.4 Å². The Labute approximate surface area is 93.4 Å². The third kappa shape index (κ3) is 2.56. The van der Waals surface area contributed by atoms with Gasteiger partial charge in [-0.2, -0.15) is 0 Å². The van der Waals surface area contributed by atoms with Gasteiger partial charge in [0.1, 0.15) is 0 Å². The lowest BCUT2D eigenvalue weighted by atomic mass is 10.1. The highest BCUT2D eigenvalue weighted by atomic mass is 32.2. The molecule has 1 saturated heterocycles. The standard InChI is InChI=1S/C9H14N2O2S2/c10-3-1-8-5-11-9(14-8)7-2-4-15(12,13)6-7/h5,7H,1-4,6,10H2. The van der Waals surface area contributed by atoms with Gasteiger partial charge in [0.15, 0.2) is 9.84 Å². The van der Waals surface area contributed by atoms with Crippen molar-refractivity contribution in [1.29, 1.82) is 0 Å². The summed E-state index contributed by atoms with van der Waals surface area (Å²) in [5, 5.41) is 0.958. The van der Waals surface area contributed by atoms with Gasteiger partial charge in [0.25, 0.3) is 0 Å². The summed E-state index contributed by atoms with van der Waals surface area (Å²) in [6.45, 7) is 0.616. The first-order chi connectivity index (χ1) is 7.11. The molecule has 0 amide bonds. The van der Waals surface area contributed by atoms with Gasteiger partial charge < -0.3 is 5.73 Å². The maximum Gasteiger partial charge on any atom is 0.151 e. The molecule has 0 bridgehead atoms. The van der Waals surface area contributed by atoms with Crippen molar-refractivity contribution in [1.82, 2.24) is 4.98 Å². The number of thiazole rings is 1. The Morgan fingerprint density at radius 1 is 1.60 bits per heavy atom. The minimum atomic E-state index is -2.80. The zero-order valence-electron chi connectivity index (χ0n) is 8.35. The van der Waals surface area contributed by atoms with E-state index in [4.69, 9.17) is 5.73 Å². The van der Waals surface area contributed by atoms with Crippen LogP contribution < -0.4 is 5.73 Å². The van der Waals surface area contributed by atoms with E-state index in [2.05, 4.69) is 4.98 Å². The molecule has 0 saturated carbocycles. The quantitative estimate of drug-likeness (QED) is 0.845. The third-order valence-corrected chi connectivity index (χ3v) is 5.53. The molecule has 0 aliphatic carbocycles. The first-order valence-corrected chi connectivity index (χ1v) is 7.59. The summed E-state index contributed by atoms with van der Waals surface area (Å²) in [7, 11) is -2.80. The maximum absolute atomic E-state index is 11.3. The van der Waals surface area contributed by atoms with E-state index in [1.54, 1.807) is 11.3 Å². The topological polar surface area (TPSA) is 73.0 Å². The molecular formula is C9H14N2O2S2. The van der Waals surface area contributed by atoms with E-state index in [1.165, 1.54) is 0 Å². The Hall–Kier alpha value is -0.460. The van der Waals surface area contributed by atoms with Crippen LogP contribution in [0, 0.1) is 0 Å². The lowest BCUT2D eigenvalue weighted by Crippen LogP contribution is -2.03. The molecule has 1 aromatic heterocycles. The predicted molar refractivity (Wildman–Crippen MR) is 60.9 cm³/mol. The van der Waals surface area contributed by atoms with E-state index in [-0.39, 0.29) is 11.7 Å². The second-order valence-electron chi connectivity index (χ2n) is 3.80. The Kier molecular flexibility index (Phi) is 3.08. The van der Waals surface area contributed by atoms with Crippen molar-refractivity contribution in [2.24, 2.45) is 5.73 Å². The molecule has 0 aromatic carbocycles. The molecule has 84 valence electrons. The first-order valence-electron chi connectivity index (χ1n) is 4.96. The SMILES string of the molecule is NCCc1cnc(C2CCS(=O)(=O)C2)s1. The number of aromatic nitrogens is 1. The molecule has 4 nitrogen and oxygen atoms in total. The minimum absolute atomic E-state index is 0.117. The minimum Gasteiger partial charge on any atom is -0.330 e. The van der Waals surface area contributed by atoms with Crippen LogP contribution in [0.15, 0.2) is 6.20 Å². The van der Waals surface area contributed by atoms with E-state index in [1.807, 2.05) is 6.20 Å². The van der Waals surface area contributed by atoms with Crippen molar-refractivity contribution in [3.63, 3.8) is 0 Å². The molecule has 1 aliphatic heterocycles. The number of sulfone groups is 1. The monoisotopic (exact) mass is 246 g/mol. The molecule has 2 heterocycles. The fourth-order valence-corrected chi connectivity index (χ4v) is 4.68. The van der Waals surface area contributed by atoms with E-state index < -0.39 is 9.84 Å². The fraction of sp³-hybridized carbons (Fsp3) is 0.667. The third-order valence-electron chi connectivity index (χ3n) is 2.54. The molecular weight excluding hydrogens is 232 g/mol. The van der Waals surface area contributed by atoms with Gasteiger partial charge in [-0.3, -0.25) is 0 Å². The van der Waals surface area contributed by atoms with E-state index in [0.717, 1.165) is 22.7 Å². The number of nitrogens with two attached hydrogens (primary N) is 1. The van der Waals surface area contributed by atoms with Crippen molar-refractivity contribution in [3.8, 4) is 0 Å². The van der Waals surface area contributed by atoms with Crippen LogP contribution in [-0.4, -0.2) is 31.5 Å². The number of nitrogens with zero attached hydrogens (tertiary/aromatic N) is 1. The van der Waals surface area contributed by atoms with Crippen LogP contribution in [0.25, 0.3) is 0 Å². The van der Waals surface area contributed by atoms with E-state index >= 15 is 0 Å². The van der Waals surface area contributed by atoms with Gasteiger partial charge >= 0.3 is 0 Å². The summed E-state index contributed by atoms with van der Waals surface area (Å²) in [5.41, 5.74) is 5.45. The summed E-state index contributed by atoms with van der Waals surface area (Å²) in [6, 6.07) is 0. The van der Waals surface area contributed by atoms with Crippen LogP contribution in [0.5, 0.6) is 0 Å². The first kappa shape index (κ1) is 11.0. The van der Waals surface area contributed by atoms with E-state index in [0.29, 0.717) is 12.3 Å². The molecule has 2 rings (SSSR count). The largest absolute Gasteiger partial charge is 0.330 e. The lowest BCUT2D eigenvalue weighted by Gasteiger charge is -2.00. The fourth-order valence-electron chi connectivity index (χ4n) is 1.76. The Morgan fingerprint density at radius 2 is 2.40 bits per heavy atom. The molecule has 1 atom stereocenters. The molecule has 1 unspecified atom stereocenters. The predicted octanol–water partition coefficient (Wildman–Crippen LogP) is 0.546. The van der Waals surface area contributed by atoms with Gasteiger partial charge in [0, 0.05) is 17.0 Å². The zero-order chi connectivity index (χ0) is 10.9. The summed E-state index contributed by atoms with van der Waals surface area (Å²) in [4.78, 5) is 5.43. The molecule has 1 aliphatic rings. The number of hydrogen-bond donors (Lipinski definition) is 1. The van der Waals surface area contributed by atoms with Crippen LogP contribution in [-0.2, 0) is 16.3 Å². The molecule has 2 N–H and O–H groups in total. The smallest absolute Gasteiger partial charge is 0.151 e. The van der Waals surface area contributed by atoms with Gasteiger partial charge in [0.05, 0.1) is 16.5 Å². The average Bonchev–Trinajstić information content (AvgIpc) is 2.73. The summed E-state index contributed by atoms with van der Waals surface area (Å²) in [5.74, 6) is 0.693. The van der Waals surface area contributed by atoms with Gasteiger partial charge in [-0.25, -0.2) is 13.4 Å². The average molecular weight is 246 g/mol. The van der Waals surface area contributed by atoms with Crippen molar-refractivity contribution in [2.45, 2.75) is 18.8 Å². The van der Waals surface area contributed by atoms with Crippen molar-refractivity contribution in [3.05, 3.63) is 16.1 Å². The maximum atomic E-state index is 11.3. The molecule has 1 fully saturated rings. The highest BCUT2D eigenvalue weighted by molar-refractivity contribution is 7.91. The van der Waals surface area contributed by atoms with Crippen molar-refractivity contribution >= 4 is 21.2 Å². The second-order valence-corrected chi connectivity index (χ2v) is 7.18. The van der Waals surface area contributed by atoms with Crippen LogP contribution >= 0.6 is 11.3 Å². The zero-order valence-corrected chi connectivity index (χ0v) is 9.98. The van der Waals surface area contributed by atoms with Crippen molar-refractivity contribution < 1.29 is 8.42 Å². The summed E-state index contributed by atoms with van der Waals surface area (Å²) >= 11 is 1.60. The van der Waals surface area contributed by atoms with E-state index in [9.17, 15) is 8.42 Å². The van der Waals surface area contributed by atoms with Gasteiger partial charge in [-0.1, -0.05) is 0 Å². The van der Waals surface area contributed by atoms with Crippen LogP contribution in [0.3, 0.4) is 0 Å². The lowest BCUT2D eigenvalue weighted by molar-refractivity contribution is 0.601. The van der Waals surface area contributed by atoms with Crippen LogP contribution in [0.4, 0.5) is 0 Å². The summed E-state index contributed by atoms with van der Waals surface area (Å²) in [6.07, 6.45) is 3.37. The Bertz CT molecular complexity index is 439. The van der Waals surface area contributed by atoms with Gasteiger partial charge in [-0.15, -0.1) is 11.3 Å². The molecule has 1 aromatic rings. The molecule has 0 radical (unpaired) electrons. The highest BCUT2D eigenvalue weighted by Crippen LogP contribution is 2.31. The van der Waals surface area contributed by atoms with Crippen LogP contribution in [0.2, 0.25) is 0 Å². The summed E-state index contributed by atoms with van der Waals surface area (Å²) < 4.78 is 22.6. The van der Waals surface area contributed by atoms with Crippen LogP contribution in [0.1, 0.15) is 22.2 Å². The highest BCUT2D eigenvalue weighted by Gasteiger charge is 2.30. The number of rotatable bonds is 3. The Balaban J connectivity index is 2.10. The second kappa shape index (κ2) is 4.19. The molecule has 15 heavy (non-hydrogen) atoms. The van der Waals surface area contributed by atoms with Crippen molar-refractivity contribution in [2.75, 3.05) is 18.1 Å².